The van der Waals surface area contributed by atoms with E-state index in [-0.39, 0.29) is 22.1 Å². The molecule has 1 aromatic heterocycles. The van der Waals surface area contributed by atoms with Gasteiger partial charge in [-0.2, -0.15) is 0 Å². The number of nitrogens with zero attached hydrogens (tertiary/aromatic N) is 2. The zero-order chi connectivity index (χ0) is 23.4. The molecule has 10 heteroatoms. The SMILES string of the molecule is CC(C)(C)OC(=O)NC1CCCN1c1c(F)cc2c(=O)c(C(=O)O)cn(C3CC3)c2c1Cl. The summed E-state index contributed by atoms with van der Waals surface area (Å²) in [4.78, 5) is 38.2. The lowest BCUT2D eigenvalue weighted by molar-refractivity contribution is 0.0505. The second-order valence-electron chi connectivity index (χ2n) is 9.23. The number of halogens is 2. The summed E-state index contributed by atoms with van der Waals surface area (Å²) in [6, 6.07) is 1.05. The number of aromatic carboxylic acids is 1. The van der Waals surface area contributed by atoms with Gasteiger partial charge < -0.3 is 24.6 Å². The first kappa shape index (κ1) is 22.4. The molecule has 1 saturated heterocycles. The van der Waals surface area contributed by atoms with Gasteiger partial charge in [-0.15, -0.1) is 0 Å². The van der Waals surface area contributed by atoms with E-state index in [4.69, 9.17) is 16.3 Å². The van der Waals surface area contributed by atoms with Crippen molar-refractivity contribution in [2.75, 3.05) is 11.4 Å². The van der Waals surface area contributed by atoms with E-state index in [9.17, 15) is 19.5 Å². The summed E-state index contributed by atoms with van der Waals surface area (Å²) in [7, 11) is 0. The number of nitrogens with one attached hydrogen (secondary N) is 1. The number of hydrogen-bond acceptors (Lipinski definition) is 5. The maximum atomic E-state index is 15.3. The van der Waals surface area contributed by atoms with Crippen molar-refractivity contribution >= 4 is 40.3 Å². The van der Waals surface area contributed by atoms with Crippen molar-refractivity contribution in [1.29, 1.82) is 0 Å². The number of amides is 1. The van der Waals surface area contributed by atoms with E-state index < -0.39 is 40.6 Å². The highest BCUT2D eigenvalue weighted by molar-refractivity contribution is 6.38. The summed E-state index contributed by atoms with van der Waals surface area (Å²) in [5.74, 6) is -2.12. The highest BCUT2D eigenvalue weighted by Gasteiger charge is 2.34. The van der Waals surface area contributed by atoms with Gasteiger partial charge in [0, 0.05) is 18.8 Å². The lowest BCUT2D eigenvalue weighted by Crippen LogP contribution is -2.46. The minimum Gasteiger partial charge on any atom is -0.477 e. The summed E-state index contributed by atoms with van der Waals surface area (Å²) in [6.45, 7) is 5.70. The Labute approximate surface area is 188 Å². The van der Waals surface area contributed by atoms with Crippen molar-refractivity contribution in [2.45, 2.75) is 64.3 Å². The molecule has 2 fully saturated rings. The van der Waals surface area contributed by atoms with E-state index >= 15 is 4.39 Å². The Morgan fingerprint density at radius 3 is 2.56 bits per heavy atom. The Hall–Kier alpha value is -2.81. The normalized spacial score (nSPS) is 18.8. The van der Waals surface area contributed by atoms with Gasteiger partial charge in [-0.1, -0.05) is 11.6 Å². The fourth-order valence-electron chi connectivity index (χ4n) is 4.12. The van der Waals surface area contributed by atoms with Crippen molar-refractivity contribution in [1.82, 2.24) is 9.88 Å². The van der Waals surface area contributed by atoms with Crippen molar-refractivity contribution in [3.63, 3.8) is 0 Å². The number of rotatable bonds is 4. The number of alkyl carbamates (subject to hydrolysis) is 1. The molecule has 1 unspecified atom stereocenters. The van der Waals surface area contributed by atoms with Gasteiger partial charge in [0.05, 0.1) is 21.6 Å². The van der Waals surface area contributed by atoms with E-state index in [0.717, 1.165) is 18.9 Å². The zero-order valence-electron chi connectivity index (χ0n) is 18.1. The Balaban J connectivity index is 1.80. The third-order valence-corrected chi connectivity index (χ3v) is 5.94. The number of pyridine rings is 1. The molecule has 2 aliphatic rings. The predicted molar refractivity (Wildman–Crippen MR) is 118 cm³/mol. The van der Waals surface area contributed by atoms with E-state index in [0.29, 0.717) is 24.9 Å². The van der Waals surface area contributed by atoms with Crippen LogP contribution < -0.4 is 15.6 Å². The van der Waals surface area contributed by atoms with Gasteiger partial charge in [-0.05, 0) is 52.5 Å². The average molecular weight is 466 g/mol. The summed E-state index contributed by atoms with van der Waals surface area (Å²) >= 11 is 6.68. The third kappa shape index (κ3) is 4.13. The molecule has 1 atom stereocenters. The second kappa shape index (κ2) is 7.95. The number of ether oxygens (including phenoxy) is 1. The maximum absolute atomic E-state index is 15.3. The van der Waals surface area contributed by atoms with Crippen molar-refractivity contribution in [3.8, 4) is 0 Å². The van der Waals surface area contributed by atoms with Crippen LogP contribution in [0.5, 0.6) is 0 Å². The van der Waals surface area contributed by atoms with Crippen LogP contribution in [0.25, 0.3) is 10.9 Å². The molecule has 2 heterocycles. The molecule has 1 saturated carbocycles. The Morgan fingerprint density at radius 1 is 1.28 bits per heavy atom. The van der Waals surface area contributed by atoms with E-state index in [1.165, 1.54) is 6.20 Å². The first-order chi connectivity index (χ1) is 15.0. The molecule has 4 rings (SSSR count). The van der Waals surface area contributed by atoms with Crippen molar-refractivity contribution < 1.29 is 23.8 Å². The number of anilines is 1. The smallest absolute Gasteiger partial charge is 0.409 e. The number of carboxylic acid groups (broad SMARTS) is 1. The highest BCUT2D eigenvalue weighted by atomic mass is 35.5. The van der Waals surface area contributed by atoms with Crippen LogP contribution in [-0.2, 0) is 4.74 Å². The fraction of sp³-hybridized carbons (Fsp3) is 0.500. The number of hydrogen-bond donors (Lipinski definition) is 2. The van der Waals surface area contributed by atoms with E-state index in [1.54, 1.807) is 30.2 Å². The van der Waals surface area contributed by atoms with Crippen LogP contribution in [0.4, 0.5) is 14.9 Å². The van der Waals surface area contributed by atoms with Gasteiger partial charge in [-0.25, -0.2) is 14.0 Å². The maximum Gasteiger partial charge on any atom is 0.409 e. The van der Waals surface area contributed by atoms with E-state index in [2.05, 4.69) is 5.32 Å². The Kier molecular flexibility index (Phi) is 5.56. The highest BCUT2D eigenvalue weighted by Crippen LogP contribution is 2.43. The van der Waals surface area contributed by atoms with Crippen molar-refractivity contribution in [2.24, 2.45) is 0 Å². The number of carbonyl (C=O) groups excluding carboxylic acids is 1. The topological polar surface area (TPSA) is 101 Å². The van der Waals surface area contributed by atoms with E-state index in [1.807, 2.05) is 0 Å². The fourth-order valence-corrected chi connectivity index (χ4v) is 4.51. The Bertz CT molecular complexity index is 1170. The predicted octanol–water partition coefficient (Wildman–Crippen LogP) is 4.28. The minimum absolute atomic E-state index is 0.00118. The molecule has 0 spiro atoms. The van der Waals surface area contributed by atoms with Crippen LogP contribution >= 0.6 is 11.6 Å². The van der Waals surface area contributed by atoms with Gasteiger partial charge >= 0.3 is 12.1 Å². The number of benzene rings is 1. The van der Waals surface area contributed by atoms with Crippen LogP contribution in [0.2, 0.25) is 5.02 Å². The molecule has 0 bridgehead atoms. The first-order valence-electron chi connectivity index (χ1n) is 10.5. The molecule has 172 valence electrons. The largest absolute Gasteiger partial charge is 0.477 e. The molecule has 8 nitrogen and oxygen atoms in total. The lowest BCUT2D eigenvalue weighted by atomic mass is 10.1. The molecule has 2 aromatic rings. The molecule has 1 aliphatic heterocycles. The second-order valence-corrected chi connectivity index (χ2v) is 9.61. The van der Waals surface area contributed by atoms with Gasteiger partial charge in [0.1, 0.15) is 23.1 Å². The molecule has 32 heavy (non-hydrogen) atoms. The van der Waals surface area contributed by atoms with Crippen LogP contribution in [0.3, 0.4) is 0 Å². The summed E-state index contributed by atoms with van der Waals surface area (Å²) in [5.41, 5.74) is -1.49. The quantitative estimate of drug-likeness (QED) is 0.699. The zero-order valence-corrected chi connectivity index (χ0v) is 18.8. The third-order valence-electron chi connectivity index (χ3n) is 5.58. The molecule has 1 aliphatic carbocycles. The van der Waals surface area contributed by atoms with Crippen LogP contribution in [0, 0.1) is 5.82 Å². The number of fused-ring (bicyclic) bond motifs is 1. The van der Waals surface area contributed by atoms with Gasteiger partial charge in [-0.3, -0.25) is 4.79 Å². The number of aromatic nitrogens is 1. The first-order valence-corrected chi connectivity index (χ1v) is 10.9. The standard InChI is InChI=1S/C22H25ClFN3O5/c1-22(2,3)32-21(31)25-15-5-4-8-26(15)18-14(24)9-12-17(16(18)23)27(11-6-7-11)10-13(19(12)28)20(29)30/h9-11,15H,4-8H2,1-3H3,(H,25,31)(H,29,30). The van der Waals surface area contributed by atoms with Crippen LogP contribution in [0.1, 0.15) is 62.9 Å². The molecule has 1 aromatic carbocycles. The molecular weight excluding hydrogens is 441 g/mol. The number of carbonyl (C=O) groups is 2. The minimum atomic E-state index is -1.37. The van der Waals surface area contributed by atoms with Gasteiger partial charge in [0.25, 0.3) is 0 Å². The van der Waals surface area contributed by atoms with Gasteiger partial charge in [0.2, 0.25) is 5.43 Å². The molecule has 1 amide bonds. The molecular formula is C22H25ClFN3O5. The summed E-state index contributed by atoms with van der Waals surface area (Å²) in [6.07, 6.45) is 3.03. The monoisotopic (exact) mass is 465 g/mol. The van der Waals surface area contributed by atoms with Gasteiger partial charge in [0.15, 0.2) is 0 Å². The lowest BCUT2D eigenvalue weighted by Gasteiger charge is -2.30. The molecule has 0 radical (unpaired) electrons. The van der Waals surface area contributed by atoms with Crippen molar-refractivity contribution in [3.05, 3.63) is 38.9 Å². The van der Waals surface area contributed by atoms with Crippen LogP contribution in [0.15, 0.2) is 17.1 Å². The summed E-state index contributed by atoms with van der Waals surface area (Å²) in [5, 5.41) is 12.1. The summed E-state index contributed by atoms with van der Waals surface area (Å²) < 4.78 is 22.3. The van der Waals surface area contributed by atoms with Crippen LogP contribution in [-0.4, -0.2) is 40.0 Å². The Morgan fingerprint density at radius 2 is 1.97 bits per heavy atom. The molecule has 2 N–H and O–H groups in total. The average Bonchev–Trinajstić information content (AvgIpc) is 3.42. The number of carboxylic acids is 1.